The molecule has 2 aliphatic heterocycles. The lowest BCUT2D eigenvalue weighted by Gasteiger charge is -2.35. The number of aliphatic hydroxyl groups excluding tert-OH is 1. The highest BCUT2D eigenvalue weighted by Gasteiger charge is 2.36. The second-order valence-corrected chi connectivity index (χ2v) is 4.81. The van der Waals surface area contributed by atoms with Crippen LogP contribution in [0, 0.1) is 5.41 Å². The quantitative estimate of drug-likeness (QED) is 0.673. The van der Waals surface area contributed by atoms with Gasteiger partial charge in [-0.05, 0) is 19.3 Å². The van der Waals surface area contributed by atoms with Gasteiger partial charge in [-0.3, -0.25) is 4.90 Å². The second kappa shape index (κ2) is 4.60. The molecule has 0 radical (unpaired) electrons. The molecule has 0 aromatic rings. The van der Waals surface area contributed by atoms with Gasteiger partial charge in [0.15, 0.2) is 0 Å². The van der Waals surface area contributed by atoms with E-state index in [9.17, 15) is 9.90 Å². The van der Waals surface area contributed by atoms with Crippen LogP contribution < -0.4 is 0 Å². The standard InChI is InChI=1S/C11H19NO3/c13-8-11(3-1-5-15-9-11)7-12-4-2-10(14)6-12/h8,10,14H,1-7,9H2. The highest BCUT2D eigenvalue weighted by atomic mass is 16.5. The first-order chi connectivity index (χ1) is 7.24. The summed E-state index contributed by atoms with van der Waals surface area (Å²) in [6.07, 6.45) is 3.56. The Hall–Kier alpha value is -0.450. The molecule has 4 nitrogen and oxygen atoms in total. The van der Waals surface area contributed by atoms with Crippen molar-refractivity contribution in [2.75, 3.05) is 32.8 Å². The van der Waals surface area contributed by atoms with Gasteiger partial charge in [-0.2, -0.15) is 0 Å². The largest absolute Gasteiger partial charge is 0.392 e. The van der Waals surface area contributed by atoms with Gasteiger partial charge in [0.05, 0.1) is 18.1 Å². The van der Waals surface area contributed by atoms with Crippen molar-refractivity contribution < 1.29 is 14.6 Å². The third-order valence-corrected chi connectivity index (χ3v) is 3.39. The van der Waals surface area contributed by atoms with Crippen molar-refractivity contribution in [1.29, 1.82) is 0 Å². The van der Waals surface area contributed by atoms with E-state index in [1.807, 2.05) is 0 Å². The molecule has 2 fully saturated rings. The van der Waals surface area contributed by atoms with Crippen LogP contribution >= 0.6 is 0 Å². The van der Waals surface area contributed by atoms with Crippen molar-refractivity contribution in [3.05, 3.63) is 0 Å². The zero-order chi connectivity index (χ0) is 10.7. The molecule has 4 heteroatoms. The molecule has 2 saturated heterocycles. The van der Waals surface area contributed by atoms with Crippen molar-refractivity contribution in [3.8, 4) is 0 Å². The molecular formula is C11H19NO3. The first-order valence-electron chi connectivity index (χ1n) is 5.69. The SMILES string of the molecule is O=CC1(CN2CCC(O)C2)CCCOC1. The minimum Gasteiger partial charge on any atom is -0.392 e. The third kappa shape index (κ3) is 2.56. The fraction of sp³-hybridized carbons (Fsp3) is 0.909. The van der Waals surface area contributed by atoms with Gasteiger partial charge >= 0.3 is 0 Å². The summed E-state index contributed by atoms with van der Waals surface area (Å²) in [5.41, 5.74) is -0.317. The molecule has 86 valence electrons. The Morgan fingerprint density at radius 1 is 1.60 bits per heavy atom. The number of hydrogen-bond acceptors (Lipinski definition) is 4. The van der Waals surface area contributed by atoms with Crippen LogP contribution in [-0.4, -0.2) is 55.2 Å². The third-order valence-electron chi connectivity index (χ3n) is 3.39. The number of nitrogens with zero attached hydrogens (tertiary/aromatic N) is 1. The van der Waals surface area contributed by atoms with E-state index in [2.05, 4.69) is 4.90 Å². The molecule has 1 N–H and O–H groups in total. The van der Waals surface area contributed by atoms with Crippen LogP contribution in [0.2, 0.25) is 0 Å². The van der Waals surface area contributed by atoms with Gasteiger partial charge in [-0.15, -0.1) is 0 Å². The Labute approximate surface area is 90.2 Å². The van der Waals surface area contributed by atoms with Crippen LogP contribution in [-0.2, 0) is 9.53 Å². The molecule has 0 aromatic heterocycles. The average molecular weight is 213 g/mol. The van der Waals surface area contributed by atoms with E-state index in [4.69, 9.17) is 4.74 Å². The van der Waals surface area contributed by atoms with Crippen LogP contribution in [0.4, 0.5) is 0 Å². The summed E-state index contributed by atoms with van der Waals surface area (Å²) >= 11 is 0. The van der Waals surface area contributed by atoms with Crippen molar-refractivity contribution in [1.82, 2.24) is 4.90 Å². The molecule has 0 bridgehead atoms. The molecule has 0 aliphatic carbocycles. The topological polar surface area (TPSA) is 49.8 Å². The lowest BCUT2D eigenvalue weighted by Crippen LogP contribution is -2.43. The zero-order valence-electron chi connectivity index (χ0n) is 9.02. The number of rotatable bonds is 3. The van der Waals surface area contributed by atoms with Gasteiger partial charge in [0, 0.05) is 26.2 Å². The molecule has 15 heavy (non-hydrogen) atoms. The maximum atomic E-state index is 11.2. The summed E-state index contributed by atoms with van der Waals surface area (Å²) in [4.78, 5) is 13.4. The predicted octanol–water partition coefficient (Wildman–Crippen LogP) is 0.0487. The summed E-state index contributed by atoms with van der Waals surface area (Å²) in [5.74, 6) is 0. The highest BCUT2D eigenvalue weighted by molar-refractivity contribution is 5.60. The summed E-state index contributed by atoms with van der Waals surface area (Å²) in [6.45, 7) is 3.67. The van der Waals surface area contributed by atoms with E-state index in [1.165, 1.54) is 0 Å². The van der Waals surface area contributed by atoms with E-state index in [1.54, 1.807) is 0 Å². The molecule has 2 unspecified atom stereocenters. The molecule has 2 aliphatic rings. The number of β-amino-alcohol motifs (C(OH)–C–C–N with tert-alkyl or cyclic N) is 1. The summed E-state index contributed by atoms with van der Waals surface area (Å²) < 4.78 is 5.39. The van der Waals surface area contributed by atoms with Crippen LogP contribution in [0.25, 0.3) is 0 Å². The van der Waals surface area contributed by atoms with E-state index in [-0.39, 0.29) is 11.5 Å². The summed E-state index contributed by atoms with van der Waals surface area (Å²) in [7, 11) is 0. The van der Waals surface area contributed by atoms with Gasteiger partial charge in [0.25, 0.3) is 0 Å². The van der Waals surface area contributed by atoms with Gasteiger partial charge in [-0.1, -0.05) is 0 Å². The first-order valence-corrected chi connectivity index (χ1v) is 5.69. The molecule has 0 saturated carbocycles. The van der Waals surface area contributed by atoms with E-state index >= 15 is 0 Å². The van der Waals surface area contributed by atoms with Gasteiger partial charge in [0.1, 0.15) is 6.29 Å². The summed E-state index contributed by atoms with van der Waals surface area (Å²) in [5, 5.41) is 9.42. The predicted molar refractivity (Wildman–Crippen MR) is 55.6 cm³/mol. The van der Waals surface area contributed by atoms with Gasteiger partial charge < -0.3 is 14.6 Å². The monoisotopic (exact) mass is 213 g/mol. The van der Waals surface area contributed by atoms with Gasteiger partial charge in [0.2, 0.25) is 0 Å². The van der Waals surface area contributed by atoms with E-state index in [0.29, 0.717) is 13.2 Å². The van der Waals surface area contributed by atoms with Crippen molar-refractivity contribution in [2.24, 2.45) is 5.41 Å². The Balaban J connectivity index is 1.92. The molecular weight excluding hydrogens is 194 g/mol. The minimum absolute atomic E-state index is 0.210. The Morgan fingerprint density at radius 2 is 2.47 bits per heavy atom. The number of aliphatic hydroxyl groups is 1. The lowest BCUT2D eigenvalue weighted by atomic mass is 9.83. The van der Waals surface area contributed by atoms with Crippen LogP contribution in [0.3, 0.4) is 0 Å². The molecule has 0 aromatic carbocycles. The normalized spacial score (nSPS) is 38.1. The minimum atomic E-state index is -0.317. The number of carbonyl (C=O) groups is 1. The molecule has 0 spiro atoms. The van der Waals surface area contributed by atoms with E-state index in [0.717, 1.165) is 45.2 Å². The Kier molecular flexibility index (Phi) is 3.38. The number of carbonyl (C=O) groups excluding carboxylic acids is 1. The molecule has 2 atom stereocenters. The average Bonchev–Trinajstić information content (AvgIpc) is 2.65. The Bertz CT molecular complexity index is 226. The smallest absolute Gasteiger partial charge is 0.129 e. The van der Waals surface area contributed by atoms with Crippen molar-refractivity contribution in [2.45, 2.75) is 25.4 Å². The highest BCUT2D eigenvalue weighted by Crippen LogP contribution is 2.28. The fourth-order valence-corrected chi connectivity index (χ4v) is 2.53. The Morgan fingerprint density at radius 3 is 3.00 bits per heavy atom. The maximum absolute atomic E-state index is 11.2. The molecule has 2 heterocycles. The summed E-state index contributed by atoms with van der Waals surface area (Å²) in [6, 6.07) is 0. The van der Waals surface area contributed by atoms with Crippen molar-refractivity contribution >= 4 is 6.29 Å². The number of aldehydes is 1. The second-order valence-electron chi connectivity index (χ2n) is 4.81. The zero-order valence-corrected chi connectivity index (χ0v) is 9.02. The first kappa shape index (κ1) is 11.0. The van der Waals surface area contributed by atoms with Crippen molar-refractivity contribution in [3.63, 3.8) is 0 Å². The molecule has 2 rings (SSSR count). The fourth-order valence-electron chi connectivity index (χ4n) is 2.53. The lowest BCUT2D eigenvalue weighted by molar-refractivity contribution is -0.125. The van der Waals surface area contributed by atoms with E-state index < -0.39 is 0 Å². The van der Waals surface area contributed by atoms with Crippen LogP contribution in [0.5, 0.6) is 0 Å². The maximum Gasteiger partial charge on any atom is 0.129 e. The van der Waals surface area contributed by atoms with Crippen LogP contribution in [0.15, 0.2) is 0 Å². The number of hydrogen-bond donors (Lipinski definition) is 1. The van der Waals surface area contributed by atoms with Crippen LogP contribution in [0.1, 0.15) is 19.3 Å². The molecule has 0 amide bonds. The number of likely N-dealkylation sites (tertiary alicyclic amines) is 1. The number of ether oxygens (including phenoxy) is 1. The van der Waals surface area contributed by atoms with Gasteiger partial charge in [-0.25, -0.2) is 0 Å².